The Labute approximate surface area is 257 Å². The Bertz CT molecular complexity index is 803. The standard InChI is InChI=1S/C37H60O5/c1-3-5-7-9-11-13-15-17-18-20-21-23-25-27-29-31-36(39)41-34-35(33-38)42-37(40)32-30-28-26-24-22-19-16-14-12-10-8-6-4-2/h6,8,11-14,17-19,22,26,28,35,38H,3-5,7,9-10,15-16,20-21,23-25,27,29-34H2,1-2H3/b8-6-,13-11-,14-12-,18-17-,22-19-,28-26-. The second-order valence-electron chi connectivity index (χ2n) is 10.5. The fourth-order valence-corrected chi connectivity index (χ4v) is 4.01. The molecule has 0 heterocycles. The molecule has 0 aliphatic carbocycles. The maximum Gasteiger partial charge on any atom is 0.306 e. The number of hydrogen-bond donors (Lipinski definition) is 1. The fourth-order valence-electron chi connectivity index (χ4n) is 4.01. The SMILES string of the molecule is CC/C=C\C/C=C\C/C=C\C/C=C\CCC(=O)OC(CO)COC(=O)CCCCCCC/C=C\C/C=C\CCCCC. The first-order valence-electron chi connectivity index (χ1n) is 16.5. The molecule has 0 saturated carbocycles. The van der Waals surface area contributed by atoms with Crippen LogP contribution in [0.1, 0.15) is 129 Å². The molecule has 0 aliphatic rings. The van der Waals surface area contributed by atoms with Crippen LogP contribution in [-0.4, -0.2) is 36.4 Å². The van der Waals surface area contributed by atoms with Crippen molar-refractivity contribution in [1.82, 2.24) is 0 Å². The Morgan fingerprint density at radius 3 is 1.64 bits per heavy atom. The highest BCUT2D eigenvalue weighted by atomic mass is 16.6. The van der Waals surface area contributed by atoms with Gasteiger partial charge < -0.3 is 14.6 Å². The zero-order valence-electron chi connectivity index (χ0n) is 26.7. The number of allylic oxidation sites excluding steroid dienone is 12. The molecule has 1 unspecified atom stereocenters. The van der Waals surface area contributed by atoms with E-state index in [0.717, 1.165) is 64.2 Å². The molecule has 1 atom stereocenters. The van der Waals surface area contributed by atoms with E-state index in [1.54, 1.807) is 0 Å². The van der Waals surface area contributed by atoms with Gasteiger partial charge in [-0.25, -0.2) is 0 Å². The molecule has 5 heteroatoms. The first kappa shape index (κ1) is 39.3. The van der Waals surface area contributed by atoms with Gasteiger partial charge in [0.2, 0.25) is 0 Å². The highest BCUT2D eigenvalue weighted by Crippen LogP contribution is 2.09. The monoisotopic (exact) mass is 584 g/mol. The maximum atomic E-state index is 12.0. The summed E-state index contributed by atoms with van der Waals surface area (Å²) in [6.07, 6.45) is 42.5. The van der Waals surface area contributed by atoms with Crippen molar-refractivity contribution in [3.8, 4) is 0 Å². The molecule has 0 aromatic carbocycles. The summed E-state index contributed by atoms with van der Waals surface area (Å²) in [6.45, 7) is 3.89. The zero-order chi connectivity index (χ0) is 30.8. The van der Waals surface area contributed by atoms with Crippen molar-refractivity contribution in [2.45, 2.75) is 136 Å². The minimum atomic E-state index is -0.816. The van der Waals surface area contributed by atoms with Gasteiger partial charge in [0, 0.05) is 12.8 Å². The number of aliphatic hydroxyl groups excluding tert-OH is 1. The molecule has 0 bridgehead atoms. The summed E-state index contributed by atoms with van der Waals surface area (Å²) in [7, 11) is 0. The number of esters is 2. The van der Waals surface area contributed by atoms with Crippen LogP contribution in [0.5, 0.6) is 0 Å². The average molecular weight is 585 g/mol. The normalized spacial score (nSPS) is 13.1. The number of rotatable bonds is 28. The lowest BCUT2D eigenvalue weighted by molar-refractivity contribution is -0.161. The van der Waals surface area contributed by atoms with Crippen LogP contribution in [0.25, 0.3) is 0 Å². The van der Waals surface area contributed by atoms with Crippen molar-refractivity contribution >= 4 is 11.9 Å². The van der Waals surface area contributed by atoms with E-state index < -0.39 is 12.1 Å². The lowest BCUT2D eigenvalue weighted by Crippen LogP contribution is -2.28. The van der Waals surface area contributed by atoms with Crippen LogP contribution in [0.4, 0.5) is 0 Å². The largest absolute Gasteiger partial charge is 0.462 e. The average Bonchev–Trinajstić information content (AvgIpc) is 2.99. The Balaban J connectivity index is 3.75. The zero-order valence-corrected chi connectivity index (χ0v) is 26.7. The van der Waals surface area contributed by atoms with Crippen LogP contribution >= 0.6 is 0 Å². The number of ether oxygens (including phenoxy) is 2. The summed E-state index contributed by atoms with van der Waals surface area (Å²) in [5, 5.41) is 9.48. The van der Waals surface area contributed by atoms with Gasteiger partial charge in [-0.2, -0.15) is 0 Å². The van der Waals surface area contributed by atoms with Gasteiger partial charge in [-0.15, -0.1) is 0 Å². The van der Waals surface area contributed by atoms with E-state index in [-0.39, 0.29) is 25.6 Å². The molecule has 1 N–H and O–H groups in total. The summed E-state index contributed by atoms with van der Waals surface area (Å²) in [5.74, 6) is -0.712. The molecule has 0 aromatic heterocycles. The molecule has 42 heavy (non-hydrogen) atoms. The highest BCUT2D eigenvalue weighted by Gasteiger charge is 2.15. The van der Waals surface area contributed by atoms with Crippen LogP contribution in [0.15, 0.2) is 72.9 Å². The van der Waals surface area contributed by atoms with Crippen molar-refractivity contribution in [3.63, 3.8) is 0 Å². The van der Waals surface area contributed by atoms with Gasteiger partial charge in [0.05, 0.1) is 6.61 Å². The summed E-state index contributed by atoms with van der Waals surface area (Å²) in [6, 6.07) is 0. The maximum absolute atomic E-state index is 12.0. The Morgan fingerprint density at radius 2 is 1.07 bits per heavy atom. The van der Waals surface area contributed by atoms with E-state index >= 15 is 0 Å². The van der Waals surface area contributed by atoms with E-state index in [2.05, 4.69) is 74.6 Å². The van der Waals surface area contributed by atoms with Crippen LogP contribution in [0, 0.1) is 0 Å². The minimum Gasteiger partial charge on any atom is -0.462 e. The minimum absolute atomic E-state index is 0.106. The van der Waals surface area contributed by atoms with Gasteiger partial charge in [0.25, 0.3) is 0 Å². The summed E-state index contributed by atoms with van der Waals surface area (Å²) in [4.78, 5) is 24.1. The molecule has 0 rings (SSSR count). The number of hydrogen-bond acceptors (Lipinski definition) is 5. The quantitative estimate of drug-likeness (QED) is 0.0563. The van der Waals surface area contributed by atoms with E-state index in [9.17, 15) is 14.7 Å². The topological polar surface area (TPSA) is 72.8 Å². The molecule has 5 nitrogen and oxygen atoms in total. The third-order valence-electron chi connectivity index (χ3n) is 6.50. The van der Waals surface area contributed by atoms with E-state index in [4.69, 9.17) is 9.47 Å². The first-order chi connectivity index (χ1) is 20.6. The number of unbranched alkanes of at least 4 members (excludes halogenated alkanes) is 8. The van der Waals surface area contributed by atoms with Crippen molar-refractivity contribution in [2.75, 3.05) is 13.2 Å². The van der Waals surface area contributed by atoms with Gasteiger partial charge >= 0.3 is 11.9 Å². The highest BCUT2D eigenvalue weighted by molar-refractivity contribution is 5.70. The smallest absolute Gasteiger partial charge is 0.306 e. The summed E-state index contributed by atoms with van der Waals surface area (Å²) in [5.41, 5.74) is 0. The number of carbonyl (C=O) groups is 2. The predicted molar refractivity (Wildman–Crippen MR) is 177 cm³/mol. The molecule has 0 aliphatic heterocycles. The molecule has 0 radical (unpaired) electrons. The van der Waals surface area contributed by atoms with E-state index in [0.29, 0.717) is 12.8 Å². The fraction of sp³-hybridized carbons (Fsp3) is 0.622. The molecule has 0 spiro atoms. The van der Waals surface area contributed by atoms with E-state index in [1.807, 2.05) is 12.2 Å². The Kier molecular flexibility index (Phi) is 30.8. The lowest BCUT2D eigenvalue weighted by Gasteiger charge is -2.15. The van der Waals surface area contributed by atoms with Gasteiger partial charge in [0.1, 0.15) is 6.61 Å². The molecule has 0 saturated heterocycles. The molecule has 0 fully saturated rings. The first-order valence-corrected chi connectivity index (χ1v) is 16.5. The van der Waals surface area contributed by atoms with Crippen LogP contribution in [-0.2, 0) is 19.1 Å². The van der Waals surface area contributed by atoms with Crippen molar-refractivity contribution in [3.05, 3.63) is 72.9 Å². The number of aliphatic hydroxyl groups is 1. The van der Waals surface area contributed by atoms with Gasteiger partial charge in [-0.1, -0.05) is 119 Å². The lowest BCUT2D eigenvalue weighted by atomic mass is 10.1. The molecule has 0 amide bonds. The third-order valence-corrected chi connectivity index (χ3v) is 6.50. The summed E-state index contributed by atoms with van der Waals surface area (Å²) < 4.78 is 10.5. The summed E-state index contributed by atoms with van der Waals surface area (Å²) >= 11 is 0. The third kappa shape index (κ3) is 30.3. The van der Waals surface area contributed by atoms with E-state index in [1.165, 1.54) is 32.1 Å². The molecule has 0 aromatic rings. The number of carbonyl (C=O) groups excluding carboxylic acids is 2. The van der Waals surface area contributed by atoms with Gasteiger partial charge in [-0.05, 0) is 70.6 Å². The molecular formula is C37H60O5. The van der Waals surface area contributed by atoms with Crippen LogP contribution in [0.3, 0.4) is 0 Å². The van der Waals surface area contributed by atoms with Crippen molar-refractivity contribution in [1.29, 1.82) is 0 Å². The van der Waals surface area contributed by atoms with Crippen LogP contribution < -0.4 is 0 Å². The van der Waals surface area contributed by atoms with Gasteiger partial charge in [0.15, 0.2) is 6.10 Å². The molecule has 238 valence electrons. The van der Waals surface area contributed by atoms with Gasteiger partial charge in [-0.3, -0.25) is 9.59 Å². The second-order valence-corrected chi connectivity index (χ2v) is 10.5. The van der Waals surface area contributed by atoms with Crippen LogP contribution in [0.2, 0.25) is 0 Å². The Morgan fingerprint density at radius 1 is 0.571 bits per heavy atom. The van der Waals surface area contributed by atoms with Crippen molar-refractivity contribution in [2.24, 2.45) is 0 Å². The van der Waals surface area contributed by atoms with Crippen molar-refractivity contribution < 1.29 is 24.2 Å². The second kappa shape index (κ2) is 32.8. The molecular weight excluding hydrogens is 524 g/mol. The Hall–Kier alpha value is -2.66. The predicted octanol–water partition coefficient (Wildman–Crippen LogP) is 9.83.